The number of esters is 1. The van der Waals surface area contributed by atoms with Gasteiger partial charge in [0.15, 0.2) is 11.5 Å². The lowest BCUT2D eigenvalue weighted by molar-refractivity contribution is -0.275. The third-order valence-corrected chi connectivity index (χ3v) is 9.86. The van der Waals surface area contributed by atoms with Crippen LogP contribution in [-0.4, -0.2) is 59.5 Å². The number of pyridine rings is 1. The van der Waals surface area contributed by atoms with Gasteiger partial charge in [-0.05, 0) is 83.7 Å². The molecule has 1 N–H and O–H groups in total. The molecule has 1 unspecified atom stereocenters. The van der Waals surface area contributed by atoms with Gasteiger partial charge in [-0.1, -0.05) is 28.1 Å². The number of rotatable bonds is 7. The fraction of sp³-hybridized carbons (Fsp3) is 0.500. The number of benzene rings is 2. The first-order chi connectivity index (χ1) is 22.3. The van der Waals surface area contributed by atoms with Crippen LogP contribution < -0.4 is 19.7 Å². The van der Waals surface area contributed by atoms with E-state index in [2.05, 4.69) is 31.0 Å². The fourth-order valence-electron chi connectivity index (χ4n) is 7.06. The average Bonchev–Trinajstić information content (AvgIpc) is 2.96. The van der Waals surface area contributed by atoms with Gasteiger partial charge in [0.2, 0.25) is 0 Å². The number of fused-ring (bicyclic) bond motifs is 4. The number of alkyl halides is 5. The van der Waals surface area contributed by atoms with Gasteiger partial charge in [-0.15, -0.1) is 13.2 Å². The maximum atomic E-state index is 14.5. The maximum Gasteiger partial charge on any atom is 0.573 e. The van der Waals surface area contributed by atoms with Crippen molar-refractivity contribution in [3.8, 4) is 11.5 Å². The second-order valence-electron chi connectivity index (χ2n) is 14.0. The molecule has 14 heteroatoms. The van der Waals surface area contributed by atoms with Crippen molar-refractivity contribution < 1.29 is 45.8 Å². The van der Waals surface area contributed by atoms with Crippen molar-refractivity contribution >= 4 is 44.5 Å². The first-order valence-electron chi connectivity index (χ1n) is 15.6. The number of para-hydroxylation sites is 2. The van der Waals surface area contributed by atoms with Gasteiger partial charge in [0.1, 0.15) is 17.5 Å². The largest absolute Gasteiger partial charge is 0.573 e. The Kier molecular flexibility index (Phi) is 8.36. The molecular formula is C34H35BrF5N3O5. The van der Waals surface area contributed by atoms with Gasteiger partial charge in [0.05, 0.1) is 35.1 Å². The Bertz CT molecular complexity index is 1760. The van der Waals surface area contributed by atoms with Crippen molar-refractivity contribution in [2.24, 2.45) is 5.41 Å². The fourth-order valence-corrected chi connectivity index (χ4v) is 7.42. The van der Waals surface area contributed by atoms with E-state index in [1.807, 2.05) is 0 Å². The number of ether oxygens (including phenoxy) is 3. The molecule has 1 atom stereocenters. The zero-order valence-electron chi connectivity index (χ0n) is 26.8. The molecule has 0 radical (unpaired) electrons. The Morgan fingerprint density at radius 2 is 1.65 bits per heavy atom. The zero-order valence-corrected chi connectivity index (χ0v) is 28.4. The lowest BCUT2D eigenvalue weighted by atomic mass is 9.55. The molecule has 2 aromatic carbocycles. The highest BCUT2D eigenvalue weighted by Crippen LogP contribution is 2.55. The Hall–Kier alpha value is -3.68. The van der Waals surface area contributed by atoms with Crippen molar-refractivity contribution in [1.29, 1.82) is 0 Å². The first kappa shape index (κ1) is 34.2. The highest BCUT2D eigenvalue weighted by molar-refractivity contribution is 9.10. The summed E-state index contributed by atoms with van der Waals surface area (Å²) < 4.78 is 84.7. The summed E-state index contributed by atoms with van der Waals surface area (Å²) in [5.74, 6) is -4.31. The Morgan fingerprint density at radius 3 is 2.25 bits per heavy atom. The quantitative estimate of drug-likeness (QED) is 0.195. The first-order valence-corrected chi connectivity index (χ1v) is 16.4. The van der Waals surface area contributed by atoms with E-state index >= 15 is 0 Å². The molecule has 0 spiro atoms. The van der Waals surface area contributed by atoms with Crippen molar-refractivity contribution in [2.45, 2.75) is 89.3 Å². The van der Waals surface area contributed by atoms with E-state index in [0.717, 1.165) is 6.07 Å². The van der Waals surface area contributed by atoms with Crippen LogP contribution in [0.4, 0.5) is 27.8 Å². The molecule has 3 aliphatic carbocycles. The van der Waals surface area contributed by atoms with Gasteiger partial charge < -0.3 is 24.4 Å². The molecule has 3 aromatic rings. The summed E-state index contributed by atoms with van der Waals surface area (Å²) in [6, 6.07) is 10.5. The van der Waals surface area contributed by atoms with E-state index < -0.39 is 65.7 Å². The number of amides is 1. The summed E-state index contributed by atoms with van der Waals surface area (Å²) in [6.07, 6.45) is -4.65. The van der Waals surface area contributed by atoms with Crippen LogP contribution in [-0.2, 0) is 9.53 Å². The summed E-state index contributed by atoms with van der Waals surface area (Å²) in [5, 5.41) is 3.65. The molecule has 48 heavy (non-hydrogen) atoms. The number of carbonyl (C=O) groups is 2. The molecule has 1 amide bonds. The van der Waals surface area contributed by atoms with Gasteiger partial charge in [0, 0.05) is 21.8 Å². The normalized spacial score (nSPS) is 25.0. The van der Waals surface area contributed by atoms with Crippen LogP contribution >= 0.6 is 15.9 Å². The summed E-state index contributed by atoms with van der Waals surface area (Å²) in [4.78, 5) is 34.1. The second-order valence-corrected chi connectivity index (χ2v) is 14.9. The van der Waals surface area contributed by atoms with E-state index in [1.165, 1.54) is 23.1 Å². The molecule has 7 rings (SSSR count). The van der Waals surface area contributed by atoms with Crippen LogP contribution in [0.3, 0.4) is 0 Å². The lowest BCUT2D eigenvalue weighted by Gasteiger charge is -2.56. The van der Waals surface area contributed by atoms with E-state index in [9.17, 15) is 31.5 Å². The Labute approximate surface area is 282 Å². The molecule has 4 aliphatic rings. The summed E-state index contributed by atoms with van der Waals surface area (Å²) in [5.41, 5.74) is -1.80. The minimum atomic E-state index is -4.99. The van der Waals surface area contributed by atoms with Gasteiger partial charge >= 0.3 is 12.3 Å². The smallest absolute Gasteiger partial charge is 0.484 e. The van der Waals surface area contributed by atoms with Gasteiger partial charge in [0.25, 0.3) is 11.8 Å². The maximum absolute atomic E-state index is 14.5. The van der Waals surface area contributed by atoms with E-state index in [4.69, 9.17) is 9.47 Å². The topological polar surface area (TPSA) is 90.0 Å². The average molecular weight is 741 g/mol. The molecule has 1 saturated heterocycles. The highest BCUT2D eigenvalue weighted by Gasteiger charge is 2.61. The van der Waals surface area contributed by atoms with E-state index in [-0.39, 0.29) is 36.4 Å². The van der Waals surface area contributed by atoms with Crippen molar-refractivity contribution in [2.75, 3.05) is 18.0 Å². The number of halogens is 6. The number of nitrogens with zero attached hydrogens (tertiary/aromatic N) is 2. The minimum absolute atomic E-state index is 0.0677. The van der Waals surface area contributed by atoms with Gasteiger partial charge in [-0.3, -0.25) is 9.59 Å². The molecule has 2 bridgehead atoms. The van der Waals surface area contributed by atoms with Crippen molar-refractivity contribution in [3.63, 3.8) is 0 Å². The predicted molar refractivity (Wildman–Crippen MR) is 170 cm³/mol. The third-order valence-electron chi connectivity index (χ3n) is 9.37. The van der Waals surface area contributed by atoms with Crippen LogP contribution in [0.15, 0.2) is 46.9 Å². The van der Waals surface area contributed by atoms with Crippen LogP contribution in [0.2, 0.25) is 0 Å². The number of carbonyl (C=O) groups excluding carboxylic acids is 2. The van der Waals surface area contributed by atoms with Crippen LogP contribution in [0.25, 0.3) is 10.9 Å². The highest BCUT2D eigenvalue weighted by atomic mass is 79.9. The molecule has 1 aliphatic heterocycles. The molecule has 1 aromatic heterocycles. The van der Waals surface area contributed by atoms with Gasteiger partial charge in [-0.25, -0.2) is 13.8 Å². The SMILES string of the molecule is Cc1c(N2CC(F)(F)C2)nc2ccc(Br)cc2c1C(=O)NC12CCC(C(=O)OC(C)(C)C)(CC1)CC2Oc1ccccc1OC(F)(F)F. The monoisotopic (exact) mass is 739 g/mol. The molecular weight excluding hydrogens is 705 g/mol. The Balaban J connectivity index is 1.39. The number of aromatic nitrogens is 1. The molecule has 258 valence electrons. The van der Waals surface area contributed by atoms with Crippen LogP contribution in [0.1, 0.15) is 68.8 Å². The van der Waals surface area contributed by atoms with Crippen molar-refractivity contribution in [1.82, 2.24) is 10.3 Å². The minimum Gasteiger partial charge on any atom is -0.484 e. The van der Waals surface area contributed by atoms with Crippen molar-refractivity contribution in [3.05, 3.63) is 58.1 Å². The predicted octanol–water partition coefficient (Wildman–Crippen LogP) is 7.88. The van der Waals surface area contributed by atoms with E-state index in [1.54, 1.807) is 45.9 Å². The number of hydrogen-bond donors (Lipinski definition) is 1. The molecule has 8 nitrogen and oxygen atoms in total. The standard InChI is InChI=1S/C34H35BrF5N3O5/c1-19-26(21-15-20(35)9-10-22(21)41-27(19)43-17-33(36,37)18-43)28(44)42-32-13-11-31(12-14-32,29(45)48-30(2,3)4)16-25(32)46-23-7-5-6-8-24(23)47-34(38,39)40/h5-10,15,25H,11-14,16-18H2,1-4H3,(H,42,44). The molecule has 4 fully saturated rings. The summed E-state index contributed by atoms with van der Waals surface area (Å²) in [6.45, 7) is 5.86. The lowest BCUT2D eigenvalue weighted by Crippen LogP contribution is -2.67. The zero-order chi connectivity index (χ0) is 34.9. The third kappa shape index (κ3) is 6.64. The van der Waals surface area contributed by atoms with Crippen LogP contribution in [0, 0.1) is 12.3 Å². The summed E-state index contributed by atoms with van der Waals surface area (Å²) >= 11 is 3.45. The van der Waals surface area contributed by atoms with Crippen LogP contribution in [0.5, 0.6) is 11.5 Å². The number of hydrogen-bond acceptors (Lipinski definition) is 7. The second kappa shape index (κ2) is 11.7. The number of nitrogens with one attached hydrogen (secondary N) is 1. The van der Waals surface area contributed by atoms with E-state index in [0.29, 0.717) is 33.8 Å². The summed E-state index contributed by atoms with van der Waals surface area (Å²) in [7, 11) is 0. The molecule has 2 heterocycles. The molecule has 3 saturated carbocycles. The Morgan fingerprint density at radius 1 is 1.00 bits per heavy atom. The number of anilines is 1. The van der Waals surface area contributed by atoms with Gasteiger partial charge in [-0.2, -0.15) is 0 Å².